The summed E-state index contributed by atoms with van der Waals surface area (Å²) in [6.07, 6.45) is 1.31. The highest BCUT2D eigenvalue weighted by Crippen LogP contribution is 2.16. The van der Waals surface area contributed by atoms with E-state index >= 15 is 0 Å². The van der Waals surface area contributed by atoms with Gasteiger partial charge in [0, 0.05) is 11.8 Å². The number of nitrogens with one attached hydrogen (secondary N) is 3. The average molecular weight is 380 g/mol. The van der Waals surface area contributed by atoms with E-state index in [1.807, 2.05) is 13.8 Å². The minimum atomic E-state index is -1.11. The van der Waals surface area contributed by atoms with Crippen molar-refractivity contribution >= 4 is 23.5 Å². The van der Waals surface area contributed by atoms with E-state index in [1.165, 1.54) is 12.3 Å². The zero-order valence-corrected chi connectivity index (χ0v) is 14.6. The summed E-state index contributed by atoms with van der Waals surface area (Å²) in [6.45, 7) is 2.71. The van der Waals surface area contributed by atoms with Crippen LogP contribution in [0.25, 0.3) is 0 Å². The van der Waals surface area contributed by atoms with Crippen LogP contribution in [0.15, 0.2) is 24.4 Å². The Bertz CT molecular complexity index is 851. The van der Waals surface area contributed by atoms with E-state index in [-0.39, 0.29) is 17.2 Å². The SMILES string of the molecule is CC(C)c1[nH]ncc1C(=O)OCC(=O)NCC(=O)Nc1ccc(F)c(F)c1. The number of aromatic amines is 1. The highest BCUT2D eigenvalue weighted by atomic mass is 19.2. The fourth-order valence-corrected chi connectivity index (χ4v) is 2.12. The predicted molar refractivity (Wildman–Crippen MR) is 91.0 cm³/mol. The molecule has 0 saturated carbocycles. The highest BCUT2D eigenvalue weighted by molar-refractivity contribution is 5.95. The monoisotopic (exact) mass is 380 g/mol. The van der Waals surface area contributed by atoms with Crippen LogP contribution in [0.2, 0.25) is 0 Å². The number of carbonyl (C=O) groups is 3. The van der Waals surface area contributed by atoms with Crippen LogP contribution in [0.5, 0.6) is 0 Å². The molecule has 10 heteroatoms. The Labute approximate surface area is 153 Å². The van der Waals surface area contributed by atoms with E-state index in [1.54, 1.807) is 0 Å². The molecule has 0 radical (unpaired) electrons. The number of halogens is 2. The zero-order valence-electron chi connectivity index (χ0n) is 14.6. The second-order valence-electron chi connectivity index (χ2n) is 5.88. The van der Waals surface area contributed by atoms with Crippen molar-refractivity contribution in [1.82, 2.24) is 15.5 Å². The minimum Gasteiger partial charge on any atom is -0.452 e. The maximum Gasteiger partial charge on any atom is 0.342 e. The number of hydrogen-bond donors (Lipinski definition) is 3. The summed E-state index contributed by atoms with van der Waals surface area (Å²) < 4.78 is 30.8. The van der Waals surface area contributed by atoms with Crippen molar-refractivity contribution in [1.29, 1.82) is 0 Å². The molecule has 27 heavy (non-hydrogen) atoms. The molecule has 1 aromatic heterocycles. The molecule has 0 unspecified atom stereocenters. The standard InChI is InChI=1S/C17H18F2N4O4/c1-9(2)16-11(6-21-23-16)17(26)27-8-15(25)20-7-14(24)22-10-3-4-12(18)13(19)5-10/h3-6,9H,7-8H2,1-2H3,(H,20,25)(H,21,23)(H,22,24). The molecule has 144 valence electrons. The second-order valence-corrected chi connectivity index (χ2v) is 5.88. The molecule has 0 aliphatic rings. The maximum atomic E-state index is 13.1. The largest absolute Gasteiger partial charge is 0.452 e. The Morgan fingerprint density at radius 2 is 1.93 bits per heavy atom. The first-order valence-corrected chi connectivity index (χ1v) is 8.00. The lowest BCUT2D eigenvalue weighted by Crippen LogP contribution is -2.35. The number of ether oxygens (including phenoxy) is 1. The Balaban J connectivity index is 1.77. The lowest BCUT2D eigenvalue weighted by molar-refractivity contribution is -0.126. The Morgan fingerprint density at radius 3 is 2.59 bits per heavy atom. The molecule has 0 bridgehead atoms. The number of H-pyrrole nitrogens is 1. The molecule has 0 saturated heterocycles. The van der Waals surface area contributed by atoms with Crippen molar-refractivity contribution in [3.05, 3.63) is 47.3 Å². The van der Waals surface area contributed by atoms with Gasteiger partial charge in [-0.1, -0.05) is 13.8 Å². The Kier molecular flexibility index (Phi) is 6.58. The molecule has 1 heterocycles. The van der Waals surface area contributed by atoms with E-state index in [0.717, 1.165) is 12.1 Å². The number of anilines is 1. The number of aromatic nitrogens is 2. The number of rotatable bonds is 7. The molecular formula is C17H18F2N4O4. The summed E-state index contributed by atoms with van der Waals surface area (Å²) in [5.41, 5.74) is 0.862. The lowest BCUT2D eigenvalue weighted by atomic mass is 10.1. The van der Waals surface area contributed by atoms with Gasteiger partial charge in [0.1, 0.15) is 5.56 Å². The van der Waals surface area contributed by atoms with Crippen molar-refractivity contribution in [2.45, 2.75) is 19.8 Å². The fourth-order valence-electron chi connectivity index (χ4n) is 2.12. The van der Waals surface area contributed by atoms with Crippen LogP contribution in [0.4, 0.5) is 14.5 Å². The number of amides is 2. The predicted octanol–water partition coefficient (Wildman–Crippen LogP) is 1.72. The molecule has 0 aliphatic carbocycles. The van der Waals surface area contributed by atoms with Crippen molar-refractivity contribution in [2.75, 3.05) is 18.5 Å². The molecule has 3 N–H and O–H groups in total. The molecule has 2 aromatic rings. The number of carbonyl (C=O) groups excluding carboxylic acids is 3. The summed E-state index contributed by atoms with van der Waals surface area (Å²) in [7, 11) is 0. The summed E-state index contributed by atoms with van der Waals surface area (Å²) in [5.74, 6) is -4.20. The fraction of sp³-hybridized carbons (Fsp3) is 0.294. The summed E-state index contributed by atoms with van der Waals surface area (Å²) in [4.78, 5) is 35.4. The lowest BCUT2D eigenvalue weighted by Gasteiger charge is -2.09. The van der Waals surface area contributed by atoms with E-state index in [4.69, 9.17) is 4.74 Å². The minimum absolute atomic E-state index is 0.0175. The topological polar surface area (TPSA) is 113 Å². The maximum absolute atomic E-state index is 13.1. The smallest absolute Gasteiger partial charge is 0.342 e. The van der Waals surface area contributed by atoms with E-state index in [0.29, 0.717) is 5.69 Å². The third-order valence-electron chi connectivity index (χ3n) is 3.45. The van der Waals surface area contributed by atoms with Crippen LogP contribution in [-0.4, -0.2) is 41.1 Å². The van der Waals surface area contributed by atoms with Crippen molar-refractivity contribution in [3.8, 4) is 0 Å². The Morgan fingerprint density at radius 1 is 1.19 bits per heavy atom. The van der Waals surface area contributed by atoms with Gasteiger partial charge >= 0.3 is 5.97 Å². The number of hydrogen-bond acceptors (Lipinski definition) is 5. The van der Waals surface area contributed by atoms with Crippen molar-refractivity contribution in [3.63, 3.8) is 0 Å². The first-order chi connectivity index (χ1) is 12.8. The van der Waals surface area contributed by atoms with Crippen molar-refractivity contribution in [2.24, 2.45) is 0 Å². The van der Waals surface area contributed by atoms with Crippen LogP contribution in [0.1, 0.15) is 35.8 Å². The summed E-state index contributed by atoms with van der Waals surface area (Å²) in [6, 6.07) is 2.86. The van der Waals surface area contributed by atoms with Gasteiger partial charge in [-0.25, -0.2) is 13.6 Å². The van der Waals surface area contributed by atoms with Crippen molar-refractivity contribution < 1.29 is 27.9 Å². The normalized spacial score (nSPS) is 10.6. The quantitative estimate of drug-likeness (QED) is 0.633. The third kappa shape index (κ3) is 5.59. The van der Waals surface area contributed by atoms with E-state index < -0.39 is 42.6 Å². The van der Waals surface area contributed by atoms with Gasteiger partial charge in [-0.15, -0.1) is 0 Å². The first-order valence-electron chi connectivity index (χ1n) is 8.00. The molecule has 2 amide bonds. The summed E-state index contributed by atoms with van der Waals surface area (Å²) >= 11 is 0. The van der Waals surface area contributed by atoms with Gasteiger partial charge in [0.2, 0.25) is 5.91 Å². The Hall–Kier alpha value is -3.30. The van der Waals surface area contributed by atoms with Crippen LogP contribution in [0, 0.1) is 11.6 Å². The number of benzene rings is 1. The van der Waals surface area contributed by atoms with Gasteiger partial charge in [-0.05, 0) is 18.1 Å². The van der Waals surface area contributed by atoms with Crippen LogP contribution >= 0.6 is 0 Å². The van der Waals surface area contributed by atoms with Gasteiger partial charge in [-0.3, -0.25) is 14.7 Å². The number of nitrogens with zero attached hydrogens (tertiary/aromatic N) is 1. The van der Waals surface area contributed by atoms with E-state index in [9.17, 15) is 23.2 Å². The molecular weight excluding hydrogens is 362 g/mol. The molecule has 0 atom stereocenters. The molecule has 0 fully saturated rings. The number of esters is 1. The van der Waals surface area contributed by atoms with Crippen LogP contribution in [-0.2, 0) is 14.3 Å². The summed E-state index contributed by atoms with van der Waals surface area (Å²) in [5, 5.41) is 11.0. The second kappa shape index (κ2) is 8.88. The molecule has 2 rings (SSSR count). The zero-order chi connectivity index (χ0) is 20.0. The highest BCUT2D eigenvalue weighted by Gasteiger charge is 2.18. The van der Waals surface area contributed by atoms with E-state index in [2.05, 4.69) is 20.8 Å². The molecule has 0 aliphatic heterocycles. The van der Waals surface area contributed by atoms with Gasteiger partial charge in [0.15, 0.2) is 18.2 Å². The van der Waals surface area contributed by atoms with Crippen LogP contribution < -0.4 is 10.6 Å². The van der Waals surface area contributed by atoms with Gasteiger partial charge < -0.3 is 15.4 Å². The molecule has 8 nitrogen and oxygen atoms in total. The third-order valence-corrected chi connectivity index (χ3v) is 3.45. The van der Waals surface area contributed by atoms with Gasteiger partial charge in [0.05, 0.1) is 18.4 Å². The van der Waals surface area contributed by atoms with Crippen LogP contribution in [0.3, 0.4) is 0 Å². The molecule has 1 aromatic carbocycles. The average Bonchev–Trinajstić information content (AvgIpc) is 3.11. The molecule has 0 spiro atoms. The van der Waals surface area contributed by atoms with Gasteiger partial charge in [-0.2, -0.15) is 5.10 Å². The van der Waals surface area contributed by atoms with Gasteiger partial charge in [0.25, 0.3) is 5.91 Å². The first kappa shape index (κ1) is 20.0.